The summed E-state index contributed by atoms with van der Waals surface area (Å²) in [5.74, 6) is 1.02. The van der Waals surface area contributed by atoms with Crippen LogP contribution in [0.15, 0.2) is 21.3 Å². The molecule has 1 aromatic rings. The van der Waals surface area contributed by atoms with E-state index in [0.29, 0.717) is 22.8 Å². The lowest BCUT2D eigenvalue weighted by Crippen LogP contribution is -2.38. The number of rotatable bonds is 7. The molecule has 1 heterocycles. The molecule has 0 bridgehead atoms. The molecule has 1 saturated carbocycles. The van der Waals surface area contributed by atoms with E-state index in [-0.39, 0.29) is 34.7 Å². The van der Waals surface area contributed by atoms with Crippen LogP contribution in [0.1, 0.15) is 19.3 Å². The zero-order valence-electron chi connectivity index (χ0n) is 11.9. The molecule has 2 rings (SSSR count). The van der Waals surface area contributed by atoms with Gasteiger partial charge in [0.05, 0.1) is 4.34 Å². The van der Waals surface area contributed by atoms with E-state index >= 15 is 0 Å². The molecule has 0 spiro atoms. The van der Waals surface area contributed by atoms with Crippen molar-refractivity contribution in [1.29, 1.82) is 0 Å². The monoisotopic (exact) mass is 478 g/mol. The molecule has 0 saturated heterocycles. The summed E-state index contributed by atoms with van der Waals surface area (Å²) < 4.78 is 26.9. The second-order valence-corrected chi connectivity index (χ2v) is 8.61. The summed E-state index contributed by atoms with van der Waals surface area (Å²) in [6.45, 7) is 1.37. The molecular weight excluding hydrogens is 459 g/mol. The van der Waals surface area contributed by atoms with Gasteiger partial charge in [0.1, 0.15) is 4.21 Å². The minimum atomic E-state index is -3.49. The van der Waals surface area contributed by atoms with Crippen LogP contribution >= 0.6 is 46.9 Å². The Morgan fingerprint density at radius 3 is 2.68 bits per heavy atom. The van der Waals surface area contributed by atoms with Crippen LogP contribution in [0.3, 0.4) is 0 Å². The van der Waals surface area contributed by atoms with Crippen molar-refractivity contribution in [3.63, 3.8) is 0 Å². The molecule has 0 aliphatic heterocycles. The first kappa shape index (κ1) is 19.9. The summed E-state index contributed by atoms with van der Waals surface area (Å²) in [5.41, 5.74) is 5.71. The smallest absolute Gasteiger partial charge is 0.250 e. The van der Waals surface area contributed by atoms with Gasteiger partial charge in [-0.3, -0.25) is 4.99 Å². The molecular formula is C12H20ClIN4O2S2. The molecule has 1 aromatic heterocycles. The Morgan fingerprint density at radius 1 is 1.41 bits per heavy atom. The van der Waals surface area contributed by atoms with Crippen LogP contribution in [0.2, 0.25) is 4.34 Å². The lowest BCUT2D eigenvalue weighted by Gasteiger charge is -2.23. The van der Waals surface area contributed by atoms with Crippen molar-refractivity contribution in [2.24, 2.45) is 16.6 Å². The van der Waals surface area contributed by atoms with Gasteiger partial charge in [-0.1, -0.05) is 18.0 Å². The lowest BCUT2D eigenvalue weighted by molar-refractivity contribution is 0.326. The Hall–Kier alpha value is -0.100. The molecule has 4 N–H and O–H groups in total. The van der Waals surface area contributed by atoms with Gasteiger partial charge in [0, 0.05) is 19.6 Å². The van der Waals surface area contributed by atoms with Crippen molar-refractivity contribution in [3.8, 4) is 0 Å². The van der Waals surface area contributed by atoms with E-state index in [9.17, 15) is 8.42 Å². The number of guanidine groups is 1. The van der Waals surface area contributed by atoms with Crippen molar-refractivity contribution < 1.29 is 8.42 Å². The van der Waals surface area contributed by atoms with Gasteiger partial charge in [0.15, 0.2) is 5.96 Å². The average Bonchev–Trinajstić information content (AvgIpc) is 2.80. The second-order valence-electron chi connectivity index (χ2n) is 4.91. The number of hydrogen-bond donors (Lipinski definition) is 3. The summed E-state index contributed by atoms with van der Waals surface area (Å²) in [4.78, 5) is 4.23. The van der Waals surface area contributed by atoms with E-state index in [1.165, 1.54) is 25.3 Å². The highest BCUT2D eigenvalue weighted by Gasteiger charge is 2.17. The van der Waals surface area contributed by atoms with Crippen LogP contribution in [0, 0.1) is 5.92 Å². The maximum absolute atomic E-state index is 11.9. The van der Waals surface area contributed by atoms with Crippen molar-refractivity contribution in [2.45, 2.75) is 23.5 Å². The molecule has 1 fully saturated rings. The van der Waals surface area contributed by atoms with Crippen molar-refractivity contribution >= 4 is 62.9 Å². The van der Waals surface area contributed by atoms with E-state index in [1.54, 1.807) is 6.07 Å². The van der Waals surface area contributed by atoms with Gasteiger partial charge in [0.2, 0.25) is 10.0 Å². The Morgan fingerprint density at radius 2 is 2.14 bits per heavy atom. The Kier molecular flexibility index (Phi) is 8.39. The van der Waals surface area contributed by atoms with Crippen LogP contribution in [0.5, 0.6) is 0 Å². The number of hydrogen-bond acceptors (Lipinski definition) is 4. The number of sulfonamides is 1. The summed E-state index contributed by atoms with van der Waals surface area (Å²) in [7, 11) is -3.49. The van der Waals surface area contributed by atoms with Gasteiger partial charge in [-0.15, -0.1) is 35.3 Å². The van der Waals surface area contributed by atoms with Crippen LogP contribution in [-0.2, 0) is 10.0 Å². The normalized spacial score (nSPS) is 16.0. The third-order valence-electron chi connectivity index (χ3n) is 3.28. The van der Waals surface area contributed by atoms with E-state index in [2.05, 4.69) is 15.0 Å². The Bertz CT molecular complexity index is 602. The maximum Gasteiger partial charge on any atom is 0.250 e. The van der Waals surface area contributed by atoms with Crippen molar-refractivity contribution in [1.82, 2.24) is 10.0 Å². The number of nitrogens with two attached hydrogens (primary N) is 1. The molecule has 1 aliphatic rings. The quantitative estimate of drug-likeness (QED) is 0.242. The third kappa shape index (κ3) is 6.19. The van der Waals surface area contributed by atoms with Gasteiger partial charge in [-0.2, -0.15) is 0 Å². The molecule has 6 nitrogen and oxygen atoms in total. The third-order valence-corrected chi connectivity index (χ3v) is 6.47. The summed E-state index contributed by atoms with van der Waals surface area (Å²) >= 11 is 6.75. The molecule has 0 aromatic carbocycles. The molecule has 22 heavy (non-hydrogen) atoms. The SMILES string of the molecule is I.NC(=NCC1CCC1)NCCNS(=O)(=O)c1ccc(Cl)s1. The van der Waals surface area contributed by atoms with Gasteiger partial charge in [-0.25, -0.2) is 13.1 Å². The standard InChI is InChI=1S/C12H19ClN4O2S2.HI/c13-10-4-5-11(20-10)21(18,19)17-7-6-15-12(14)16-8-9-2-1-3-9;/h4-5,9,17H,1-3,6-8H2,(H3,14,15,16);1H. The minimum absolute atomic E-state index is 0. The fourth-order valence-electron chi connectivity index (χ4n) is 1.85. The van der Waals surface area contributed by atoms with Gasteiger partial charge < -0.3 is 11.1 Å². The van der Waals surface area contributed by atoms with Crippen LogP contribution < -0.4 is 15.8 Å². The van der Waals surface area contributed by atoms with Crippen molar-refractivity contribution in [3.05, 3.63) is 16.5 Å². The zero-order chi connectivity index (χ0) is 15.3. The highest BCUT2D eigenvalue weighted by molar-refractivity contribution is 14.0. The summed E-state index contributed by atoms with van der Waals surface area (Å²) in [5, 5.41) is 2.89. The van der Waals surface area contributed by atoms with Crippen LogP contribution in [-0.4, -0.2) is 34.0 Å². The first-order chi connectivity index (χ1) is 9.97. The van der Waals surface area contributed by atoms with E-state index in [0.717, 1.165) is 17.9 Å². The van der Waals surface area contributed by atoms with Crippen LogP contribution in [0.4, 0.5) is 0 Å². The fourth-order valence-corrected chi connectivity index (χ4v) is 4.41. The number of nitrogens with one attached hydrogen (secondary N) is 2. The maximum atomic E-state index is 11.9. The van der Waals surface area contributed by atoms with Gasteiger partial charge >= 0.3 is 0 Å². The number of thiophene rings is 1. The number of aliphatic imine (C=N–C) groups is 1. The molecule has 0 radical (unpaired) electrons. The first-order valence-electron chi connectivity index (χ1n) is 6.76. The van der Waals surface area contributed by atoms with Gasteiger partial charge in [0.25, 0.3) is 0 Å². The fraction of sp³-hybridized carbons (Fsp3) is 0.583. The van der Waals surface area contributed by atoms with E-state index in [1.807, 2.05) is 0 Å². The highest BCUT2D eigenvalue weighted by Crippen LogP contribution is 2.26. The van der Waals surface area contributed by atoms with Crippen molar-refractivity contribution in [2.75, 3.05) is 19.6 Å². The van der Waals surface area contributed by atoms with E-state index in [4.69, 9.17) is 17.3 Å². The van der Waals surface area contributed by atoms with Gasteiger partial charge in [-0.05, 0) is 30.9 Å². The lowest BCUT2D eigenvalue weighted by atomic mass is 9.86. The zero-order valence-corrected chi connectivity index (χ0v) is 16.6. The Labute approximate surface area is 157 Å². The highest BCUT2D eigenvalue weighted by atomic mass is 127. The molecule has 0 amide bonds. The molecule has 0 atom stereocenters. The largest absolute Gasteiger partial charge is 0.370 e. The molecule has 0 unspecified atom stereocenters. The second kappa shape index (κ2) is 9.26. The molecule has 126 valence electrons. The first-order valence-corrected chi connectivity index (χ1v) is 9.44. The van der Waals surface area contributed by atoms with Crippen LogP contribution in [0.25, 0.3) is 0 Å². The van der Waals surface area contributed by atoms with E-state index < -0.39 is 10.0 Å². The number of halogens is 2. The molecule has 1 aliphatic carbocycles. The predicted molar refractivity (Wildman–Crippen MR) is 102 cm³/mol. The topological polar surface area (TPSA) is 96.6 Å². The average molecular weight is 479 g/mol. The predicted octanol–water partition coefficient (Wildman–Crippen LogP) is 2.00. The summed E-state index contributed by atoms with van der Waals surface area (Å²) in [6.07, 6.45) is 3.72. The molecule has 10 heteroatoms. The minimum Gasteiger partial charge on any atom is -0.370 e. The number of nitrogens with zero attached hydrogens (tertiary/aromatic N) is 1. The summed E-state index contributed by atoms with van der Waals surface area (Å²) in [6, 6.07) is 3.04. The Balaban J connectivity index is 0.00000242.